The van der Waals surface area contributed by atoms with Gasteiger partial charge >= 0.3 is 0 Å². The first-order valence-electron chi connectivity index (χ1n) is 4.26. The fourth-order valence-corrected chi connectivity index (χ4v) is 1.63. The quantitative estimate of drug-likeness (QED) is 0.685. The van der Waals surface area contributed by atoms with Crippen LogP contribution in [0.3, 0.4) is 0 Å². The molecular weight excluding hydrogens is 188 g/mol. The first kappa shape index (κ1) is 10.5. The number of Topliss-reactive ketones (excluding diaryl/α,β-unsaturated/α-hetero) is 1. The third kappa shape index (κ3) is 2.68. The molecule has 1 atom stereocenters. The zero-order chi connectivity index (χ0) is 9.84. The summed E-state index contributed by atoms with van der Waals surface area (Å²) in [6.07, 6.45) is 5.17. The van der Waals surface area contributed by atoms with E-state index in [1.54, 1.807) is 13.2 Å². The van der Waals surface area contributed by atoms with E-state index in [0.717, 1.165) is 12.8 Å². The summed E-state index contributed by atoms with van der Waals surface area (Å²) in [7, 11) is 1.61. The molecule has 13 heavy (non-hydrogen) atoms. The van der Waals surface area contributed by atoms with Gasteiger partial charge in [0.1, 0.15) is 0 Å². The normalized spacial score (nSPS) is 23.2. The standard InChI is InChI=1S/C10H13ClO2/c1-7(12)9-6-8(11)4-3-5-10(9)13-2/h4,6,10H,3,5H2,1-2H3. The van der Waals surface area contributed by atoms with E-state index in [9.17, 15) is 4.79 Å². The zero-order valence-electron chi connectivity index (χ0n) is 7.84. The summed E-state index contributed by atoms with van der Waals surface area (Å²) in [6.45, 7) is 1.54. The van der Waals surface area contributed by atoms with Crippen molar-refractivity contribution in [2.45, 2.75) is 25.9 Å². The van der Waals surface area contributed by atoms with Gasteiger partial charge in [-0.05, 0) is 25.8 Å². The average molecular weight is 201 g/mol. The van der Waals surface area contributed by atoms with Crippen LogP contribution >= 0.6 is 11.6 Å². The number of ketones is 1. The molecule has 0 saturated heterocycles. The van der Waals surface area contributed by atoms with Crippen LogP contribution in [0.5, 0.6) is 0 Å². The molecule has 1 rings (SSSR count). The van der Waals surface area contributed by atoms with Crippen molar-refractivity contribution in [3.8, 4) is 0 Å². The highest BCUT2D eigenvalue weighted by Gasteiger charge is 2.19. The second-order valence-electron chi connectivity index (χ2n) is 3.05. The van der Waals surface area contributed by atoms with Gasteiger partial charge in [-0.15, -0.1) is 0 Å². The predicted octanol–water partition coefficient (Wildman–Crippen LogP) is 2.43. The van der Waals surface area contributed by atoms with Crippen molar-refractivity contribution in [2.24, 2.45) is 0 Å². The SMILES string of the molecule is COC1CCC=C(Cl)C=C1C(C)=O. The molecule has 0 bridgehead atoms. The molecule has 72 valence electrons. The minimum absolute atomic E-state index is 0.0281. The van der Waals surface area contributed by atoms with Gasteiger partial charge in [0, 0.05) is 17.7 Å². The van der Waals surface area contributed by atoms with Crippen LogP contribution < -0.4 is 0 Å². The second kappa shape index (κ2) is 4.58. The molecule has 0 saturated carbocycles. The Morgan fingerprint density at radius 1 is 1.69 bits per heavy atom. The van der Waals surface area contributed by atoms with Crippen molar-refractivity contribution in [1.82, 2.24) is 0 Å². The van der Waals surface area contributed by atoms with E-state index in [2.05, 4.69) is 0 Å². The van der Waals surface area contributed by atoms with Crippen molar-refractivity contribution in [2.75, 3.05) is 7.11 Å². The van der Waals surface area contributed by atoms with Gasteiger partial charge in [-0.3, -0.25) is 4.79 Å². The van der Waals surface area contributed by atoms with Crippen LogP contribution in [0.2, 0.25) is 0 Å². The summed E-state index contributed by atoms with van der Waals surface area (Å²) in [6, 6.07) is 0. The minimum atomic E-state index is -0.106. The number of rotatable bonds is 2. The van der Waals surface area contributed by atoms with Gasteiger partial charge in [0.05, 0.1) is 6.10 Å². The van der Waals surface area contributed by atoms with E-state index < -0.39 is 0 Å². The van der Waals surface area contributed by atoms with Gasteiger partial charge in [-0.25, -0.2) is 0 Å². The number of methoxy groups -OCH3 is 1. The van der Waals surface area contributed by atoms with E-state index in [-0.39, 0.29) is 11.9 Å². The summed E-state index contributed by atoms with van der Waals surface area (Å²) in [5.74, 6) is 0.0281. The maximum atomic E-state index is 11.2. The summed E-state index contributed by atoms with van der Waals surface area (Å²) < 4.78 is 5.21. The molecule has 0 aliphatic heterocycles. The Morgan fingerprint density at radius 2 is 2.38 bits per heavy atom. The first-order chi connectivity index (χ1) is 6.15. The molecule has 0 spiro atoms. The molecule has 0 radical (unpaired) electrons. The maximum Gasteiger partial charge on any atom is 0.158 e. The Bertz CT molecular complexity index is 266. The predicted molar refractivity (Wildman–Crippen MR) is 52.7 cm³/mol. The Labute approximate surface area is 83.2 Å². The van der Waals surface area contributed by atoms with Gasteiger partial charge in [0.25, 0.3) is 0 Å². The lowest BCUT2D eigenvalue weighted by Crippen LogP contribution is -2.18. The van der Waals surface area contributed by atoms with Crippen molar-refractivity contribution in [3.63, 3.8) is 0 Å². The van der Waals surface area contributed by atoms with E-state index in [4.69, 9.17) is 16.3 Å². The number of carbonyl (C=O) groups excluding carboxylic acids is 1. The minimum Gasteiger partial charge on any atom is -0.377 e. The average Bonchev–Trinajstić information content (AvgIpc) is 2.26. The smallest absolute Gasteiger partial charge is 0.158 e. The van der Waals surface area contributed by atoms with E-state index in [1.165, 1.54) is 6.92 Å². The van der Waals surface area contributed by atoms with Crippen molar-refractivity contribution in [3.05, 3.63) is 22.8 Å². The Hall–Kier alpha value is -0.600. The van der Waals surface area contributed by atoms with E-state index >= 15 is 0 Å². The second-order valence-corrected chi connectivity index (χ2v) is 3.48. The molecule has 0 amide bonds. The molecule has 0 fully saturated rings. The van der Waals surface area contributed by atoms with Gasteiger partial charge in [-0.1, -0.05) is 17.7 Å². The molecule has 0 N–H and O–H groups in total. The molecule has 0 heterocycles. The van der Waals surface area contributed by atoms with Crippen LogP contribution in [-0.4, -0.2) is 19.0 Å². The van der Waals surface area contributed by atoms with Crippen molar-refractivity contribution >= 4 is 17.4 Å². The fourth-order valence-electron chi connectivity index (χ4n) is 1.40. The summed E-state index contributed by atoms with van der Waals surface area (Å²) in [5, 5.41) is 0.629. The lowest BCUT2D eigenvalue weighted by Gasteiger charge is -2.14. The molecule has 0 aromatic rings. The van der Waals surface area contributed by atoms with Crippen LogP contribution in [0.4, 0.5) is 0 Å². The van der Waals surface area contributed by atoms with E-state index in [0.29, 0.717) is 10.6 Å². The molecule has 1 unspecified atom stereocenters. The van der Waals surface area contributed by atoms with Gasteiger partial charge in [-0.2, -0.15) is 0 Å². The monoisotopic (exact) mass is 200 g/mol. The van der Waals surface area contributed by atoms with Crippen LogP contribution in [0.1, 0.15) is 19.8 Å². The van der Waals surface area contributed by atoms with Crippen LogP contribution in [0.15, 0.2) is 22.8 Å². The molecule has 1 aliphatic rings. The Kier molecular flexibility index (Phi) is 3.70. The Morgan fingerprint density at radius 3 is 2.92 bits per heavy atom. The third-order valence-electron chi connectivity index (χ3n) is 2.10. The molecule has 0 aromatic carbocycles. The fraction of sp³-hybridized carbons (Fsp3) is 0.500. The highest BCUT2D eigenvalue weighted by Crippen LogP contribution is 2.22. The molecule has 3 heteroatoms. The van der Waals surface area contributed by atoms with Gasteiger partial charge < -0.3 is 4.74 Å². The van der Waals surface area contributed by atoms with Crippen molar-refractivity contribution < 1.29 is 9.53 Å². The summed E-state index contributed by atoms with van der Waals surface area (Å²) in [5.41, 5.74) is 0.668. The molecular formula is C10H13ClO2. The summed E-state index contributed by atoms with van der Waals surface area (Å²) in [4.78, 5) is 11.2. The Balaban J connectivity index is 2.92. The van der Waals surface area contributed by atoms with Gasteiger partial charge in [0.15, 0.2) is 5.78 Å². The highest BCUT2D eigenvalue weighted by atomic mass is 35.5. The summed E-state index contributed by atoms with van der Waals surface area (Å²) >= 11 is 5.86. The molecule has 2 nitrogen and oxygen atoms in total. The number of allylic oxidation sites excluding steroid dienone is 3. The molecule has 1 aliphatic carbocycles. The number of hydrogen-bond donors (Lipinski definition) is 0. The largest absolute Gasteiger partial charge is 0.377 e. The lowest BCUT2D eigenvalue weighted by molar-refractivity contribution is -0.114. The topological polar surface area (TPSA) is 26.3 Å². The van der Waals surface area contributed by atoms with Crippen LogP contribution in [-0.2, 0) is 9.53 Å². The lowest BCUT2D eigenvalue weighted by atomic mass is 10.0. The first-order valence-corrected chi connectivity index (χ1v) is 4.64. The number of carbonyl (C=O) groups is 1. The van der Waals surface area contributed by atoms with Gasteiger partial charge in [0.2, 0.25) is 0 Å². The van der Waals surface area contributed by atoms with Crippen LogP contribution in [0.25, 0.3) is 0 Å². The number of halogens is 1. The zero-order valence-corrected chi connectivity index (χ0v) is 8.60. The van der Waals surface area contributed by atoms with Crippen molar-refractivity contribution in [1.29, 1.82) is 0 Å². The van der Waals surface area contributed by atoms with Crippen LogP contribution in [0, 0.1) is 0 Å². The third-order valence-corrected chi connectivity index (χ3v) is 2.36. The number of hydrogen-bond acceptors (Lipinski definition) is 2. The van der Waals surface area contributed by atoms with E-state index in [1.807, 2.05) is 6.08 Å². The number of ether oxygens (including phenoxy) is 1. The molecule has 0 aromatic heterocycles. The highest BCUT2D eigenvalue weighted by molar-refractivity contribution is 6.31. The maximum absolute atomic E-state index is 11.2.